The van der Waals surface area contributed by atoms with Gasteiger partial charge in [0.2, 0.25) is 5.91 Å². The highest BCUT2D eigenvalue weighted by Crippen LogP contribution is 2.22. The van der Waals surface area contributed by atoms with Crippen LogP contribution in [-0.4, -0.2) is 29.3 Å². The number of carbonyl (C=O) groups excluding carboxylic acids is 1. The first-order valence-corrected chi connectivity index (χ1v) is 3.54. The van der Waals surface area contributed by atoms with Crippen LogP contribution in [0.2, 0.25) is 0 Å². The van der Waals surface area contributed by atoms with Gasteiger partial charge in [0, 0.05) is 12.5 Å². The molecule has 0 heterocycles. The lowest BCUT2D eigenvalue weighted by atomic mass is 10.1. The number of halogens is 4. The van der Waals surface area contributed by atoms with Gasteiger partial charge >= 0.3 is 6.18 Å². The Balaban J connectivity index is 0. The van der Waals surface area contributed by atoms with E-state index < -0.39 is 24.2 Å². The van der Waals surface area contributed by atoms with Gasteiger partial charge in [-0.2, -0.15) is 13.2 Å². The predicted octanol–water partition coefficient (Wildman–Crippen LogP) is -0.0758. The van der Waals surface area contributed by atoms with Crippen LogP contribution >= 0.6 is 12.4 Å². The monoisotopic (exact) mass is 236 g/mol. The van der Waals surface area contributed by atoms with E-state index in [0.717, 1.165) is 0 Å². The van der Waals surface area contributed by atoms with Gasteiger partial charge < -0.3 is 16.6 Å². The van der Waals surface area contributed by atoms with Crippen molar-refractivity contribution >= 4 is 18.3 Å². The first-order chi connectivity index (χ1) is 5.75. The van der Waals surface area contributed by atoms with Crippen LogP contribution in [0.25, 0.3) is 0 Å². The lowest BCUT2D eigenvalue weighted by Gasteiger charge is -2.20. The molecule has 0 saturated heterocycles. The molecule has 8 heteroatoms. The predicted molar refractivity (Wildman–Crippen MR) is 45.7 cm³/mol. The van der Waals surface area contributed by atoms with Crippen LogP contribution in [0.1, 0.15) is 12.8 Å². The third kappa shape index (κ3) is 6.01. The maximum atomic E-state index is 11.8. The van der Waals surface area contributed by atoms with Crippen molar-refractivity contribution in [3.63, 3.8) is 0 Å². The third-order valence-electron chi connectivity index (χ3n) is 1.46. The SMILES string of the molecule is Cl.NC(=O)CCC(N)C(O)C(F)(F)F. The van der Waals surface area contributed by atoms with Gasteiger partial charge in [0.25, 0.3) is 0 Å². The van der Waals surface area contributed by atoms with E-state index in [1.165, 1.54) is 0 Å². The van der Waals surface area contributed by atoms with Gasteiger partial charge in [-0.15, -0.1) is 12.4 Å². The zero-order chi connectivity index (χ0) is 10.6. The Labute approximate surface area is 84.8 Å². The number of aliphatic hydroxyl groups excluding tert-OH is 1. The summed E-state index contributed by atoms with van der Waals surface area (Å²) in [7, 11) is 0. The summed E-state index contributed by atoms with van der Waals surface area (Å²) in [6.07, 6.45) is -7.91. The standard InChI is InChI=1S/C6H11F3N2O2.ClH/c7-6(8,9)5(13)3(10)1-2-4(11)12;/h3,5,13H,1-2,10H2,(H2,11,12);1H. The number of primary amides is 1. The van der Waals surface area contributed by atoms with Crippen molar-refractivity contribution in [3.05, 3.63) is 0 Å². The Hall–Kier alpha value is -0.530. The fraction of sp³-hybridized carbons (Fsp3) is 0.833. The number of hydrogen-bond donors (Lipinski definition) is 3. The summed E-state index contributed by atoms with van der Waals surface area (Å²) >= 11 is 0. The topological polar surface area (TPSA) is 89.3 Å². The van der Waals surface area contributed by atoms with E-state index in [2.05, 4.69) is 0 Å². The molecule has 0 aromatic heterocycles. The molecule has 5 N–H and O–H groups in total. The number of rotatable bonds is 4. The highest BCUT2D eigenvalue weighted by molar-refractivity contribution is 5.85. The first-order valence-electron chi connectivity index (χ1n) is 3.54. The molecule has 1 amide bonds. The number of alkyl halides is 3. The van der Waals surface area contributed by atoms with Crippen LogP contribution in [0.15, 0.2) is 0 Å². The molecule has 0 aromatic rings. The maximum Gasteiger partial charge on any atom is 0.415 e. The Morgan fingerprint density at radius 1 is 1.43 bits per heavy atom. The summed E-state index contributed by atoms with van der Waals surface area (Å²) in [5.74, 6) is -0.746. The number of amides is 1. The van der Waals surface area contributed by atoms with Gasteiger partial charge in [0.05, 0.1) is 0 Å². The fourth-order valence-corrected chi connectivity index (χ4v) is 0.710. The molecular weight excluding hydrogens is 225 g/mol. The minimum absolute atomic E-state index is 0. The van der Waals surface area contributed by atoms with Crippen molar-refractivity contribution in [2.75, 3.05) is 0 Å². The molecule has 0 bridgehead atoms. The van der Waals surface area contributed by atoms with Crippen LogP contribution in [-0.2, 0) is 4.79 Å². The molecule has 0 fully saturated rings. The molecular formula is C6H12ClF3N2O2. The van der Waals surface area contributed by atoms with Crippen LogP contribution in [0.4, 0.5) is 13.2 Å². The summed E-state index contributed by atoms with van der Waals surface area (Å²) in [6.45, 7) is 0. The van der Waals surface area contributed by atoms with Crippen LogP contribution in [0, 0.1) is 0 Å². The van der Waals surface area contributed by atoms with Crippen molar-refractivity contribution in [2.24, 2.45) is 11.5 Å². The summed E-state index contributed by atoms with van der Waals surface area (Å²) in [4.78, 5) is 10.2. The largest absolute Gasteiger partial charge is 0.415 e. The number of hydrogen-bond acceptors (Lipinski definition) is 3. The normalized spacial score (nSPS) is 15.5. The summed E-state index contributed by atoms with van der Waals surface area (Å²) in [5, 5.41) is 8.56. The van der Waals surface area contributed by atoms with E-state index >= 15 is 0 Å². The van der Waals surface area contributed by atoms with E-state index in [4.69, 9.17) is 16.6 Å². The van der Waals surface area contributed by atoms with Gasteiger partial charge in [-0.3, -0.25) is 4.79 Å². The smallest absolute Gasteiger partial charge is 0.382 e. The van der Waals surface area contributed by atoms with Crippen LogP contribution in [0.3, 0.4) is 0 Å². The Morgan fingerprint density at radius 2 is 1.86 bits per heavy atom. The highest BCUT2D eigenvalue weighted by atomic mass is 35.5. The van der Waals surface area contributed by atoms with Crippen molar-refractivity contribution in [3.8, 4) is 0 Å². The van der Waals surface area contributed by atoms with Crippen molar-refractivity contribution < 1.29 is 23.1 Å². The molecule has 0 aromatic carbocycles. The van der Waals surface area contributed by atoms with Crippen molar-refractivity contribution in [1.82, 2.24) is 0 Å². The molecule has 0 saturated carbocycles. The third-order valence-corrected chi connectivity index (χ3v) is 1.46. The van der Waals surface area contributed by atoms with E-state index in [1.54, 1.807) is 0 Å². The molecule has 2 atom stereocenters. The number of aliphatic hydroxyl groups is 1. The molecule has 0 aliphatic carbocycles. The molecule has 2 unspecified atom stereocenters. The average Bonchev–Trinajstić information content (AvgIpc) is 1.96. The quantitative estimate of drug-likeness (QED) is 0.638. The van der Waals surface area contributed by atoms with Gasteiger partial charge in [0.15, 0.2) is 6.10 Å². The lowest BCUT2D eigenvalue weighted by Crippen LogP contribution is -2.45. The van der Waals surface area contributed by atoms with Crippen LogP contribution < -0.4 is 11.5 Å². The summed E-state index contributed by atoms with van der Waals surface area (Å²) in [6, 6.07) is -1.51. The second-order valence-corrected chi connectivity index (χ2v) is 2.66. The minimum atomic E-state index is -4.75. The average molecular weight is 237 g/mol. The van der Waals surface area contributed by atoms with Crippen LogP contribution in [0.5, 0.6) is 0 Å². The van der Waals surface area contributed by atoms with E-state index in [0.29, 0.717) is 0 Å². The zero-order valence-corrected chi connectivity index (χ0v) is 7.94. The lowest BCUT2D eigenvalue weighted by molar-refractivity contribution is -0.210. The van der Waals surface area contributed by atoms with E-state index in [1.807, 2.05) is 0 Å². The molecule has 0 rings (SSSR count). The van der Waals surface area contributed by atoms with Gasteiger partial charge in [-0.1, -0.05) is 0 Å². The second kappa shape index (κ2) is 6.05. The van der Waals surface area contributed by atoms with Gasteiger partial charge in [-0.05, 0) is 6.42 Å². The fourth-order valence-electron chi connectivity index (χ4n) is 0.710. The van der Waals surface area contributed by atoms with Gasteiger partial charge in [0.1, 0.15) is 0 Å². The van der Waals surface area contributed by atoms with Crippen molar-refractivity contribution in [2.45, 2.75) is 31.2 Å². The van der Waals surface area contributed by atoms with E-state index in [-0.39, 0.29) is 25.2 Å². The zero-order valence-electron chi connectivity index (χ0n) is 7.12. The summed E-state index contributed by atoms with van der Waals surface area (Å²) < 4.78 is 35.3. The number of nitrogens with two attached hydrogens (primary N) is 2. The summed E-state index contributed by atoms with van der Waals surface area (Å²) in [5.41, 5.74) is 9.67. The Morgan fingerprint density at radius 3 is 2.14 bits per heavy atom. The molecule has 0 radical (unpaired) electrons. The molecule has 0 aliphatic heterocycles. The molecule has 86 valence electrons. The molecule has 0 spiro atoms. The highest BCUT2D eigenvalue weighted by Gasteiger charge is 2.41. The minimum Gasteiger partial charge on any atom is -0.382 e. The first kappa shape index (κ1) is 15.9. The van der Waals surface area contributed by atoms with Crippen molar-refractivity contribution in [1.29, 1.82) is 0 Å². The molecule has 14 heavy (non-hydrogen) atoms. The Kier molecular flexibility index (Phi) is 6.88. The molecule has 4 nitrogen and oxygen atoms in total. The second-order valence-electron chi connectivity index (χ2n) is 2.66. The maximum absolute atomic E-state index is 11.8. The van der Waals surface area contributed by atoms with Gasteiger partial charge in [-0.25, -0.2) is 0 Å². The Bertz CT molecular complexity index is 188. The van der Waals surface area contributed by atoms with E-state index in [9.17, 15) is 18.0 Å². The molecule has 0 aliphatic rings. The number of carbonyl (C=O) groups is 1.